The Balaban J connectivity index is 2.90. The van der Waals surface area contributed by atoms with Crippen LogP contribution in [0.3, 0.4) is 0 Å². The summed E-state index contributed by atoms with van der Waals surface area (Å²) in [4.78, 5) is 0. The molecule has 4 nitrogen and oxygen atoms in total. The van der Waals surface area contributed by atoms with Crippen molar-refractivity contribution in [2.75, 3.05) is 6.54 Å². The molecule has 1 rings (SSSR count). The number of ether oxygens (including phenoxy) is 1. The number of hydrogen-bond donors (Lipinski definition) is 3. The topological polar surface area (TPSA) is 81.5 Å². The first kappa shape index (κ1) is 12.8. The van der Waals surface area contributed by atoms with E-state index < -0.39 is 30.3 Å². The van der Waals surface area contributed by atoms with Crippen LogP contribution in [0.4, 0.5) is 8.78 Å². The van der Waals surface area contributed by atoms with Crippen molar-refractivity contribution in [3.63, 3.8) is 0 Å². The zero-order valence-corrected chi connectivity index (χ0v) is 8.86. The van der Waals surface area contributed by atoms with E-state index >= 15 is 0 Å². The molecule has 0 aromatic rings. The summed E-state index contributed by atoms with van der Waals surface area (Å²) in [5.74, 6) is -3.50. The fourth-order valence-corrected chi connectivity index (χ4v) is 1.78. The Morgan fingerprint density at radius 1 is 1.47 bits per heavy atom. The zero-order valence-electron chi connectivity index (χ0n) is 8.86. The van der Waals surface area contributed by atoms with Gasteiger partial charge in [-0.05, 0) is 5.92 Å². The Morgan fingerprint density at radius 2 is 2.00 bits per heavy atom. The predicted octanol–water partition coefficient (Wildman–Crippen LogP) is -0.308. The Hall–Kier alpha value is -0.300. The molecule has 0 spiro atoms. The molecule has 1 fully saturated rings. The lowest BCUT2D eigenvalue weighted by Gasteiger charge is -2.44. The largest absolute Gasteiger partial charge is 0.384 e. The molecule has 0 unspecified atom stereocenters. The average molecular weight is 224 g/mol. The van der Waals surface area contributed by atoms with Gasteiger partial charge in [0.05, 0.1) is 12.1 Å². The zero-order chi connectivity index (χ0) is 11.8. The number of aliphatic hydroxyl groups is 1. The van der Waals surface area contributed by atoms with Crippen LogP contribution in [0.1, 0.15) is 13.8 Å². The molecule has 5 N–H and O–H groups in total. The number of rotatable bonds is 2. The Bertz CT molecular complexity index is 226. The van der Waals surface area contributed by atoms with Gasteiger partial charge in [-0.2, -0.15) is 0 Å². The molecule has 15 heavy (non-hydrogen) atoms. The van der Waals surface area contributed by atoms with Crippen LogP contribution in [0.15, 0.2) is 0 Å². The molecular formula is C9H18F2N2O2. The van der Waals surface area contributed by atoms with Gasteiger partial charge in [-0.1, -0.05) is 13.8 Å². The molecule has 0 aromatic carbocycles. The molecule has 0 aromatic heterocycles. The highest BCUT2D eigenvalue weighted by Gasteiger charge is 2.56. The molecule has 0 saturated carbocycles. The highest BCUT2D eigenvalue weighted by Crippen LogP contribution is 2.35. The van der Waals surface area contributed by atoms with E-state index in [0.717, 1.165) is 0 Å². The van der Waals surface area contributed by atoms with Crippen LogP contribution in [0, 0.1) is 5.92 Å². The van der Waals surface area contributed by atoms with Crippen LogP contribution >= 0.6 is 0 Å². The molecule has 4 atom stereocenters. The third kappa shape index (κ3) is 2.13. The standard InChI is InChI=1S/C9H18F2N2O2/c1-4(2)6-7(13)9(10,11)8(14)5(3-12)15-6/h4-8,14H,3,12-13H2,1-2H3/t5-,6-,7+,8-/m1/s1. The quantitative estimate of drug-likeness (QED) is 0.601. The average Bonchev–Trinajstić information content (AvgIpc) is 2.15. The minimum atomic E-state index is -3.35. The van der Waals surface area contributed by atoms with Crippen molar-refractivity contribution in [1.82, 2.24) is 0 Å². The van der Waals surface area contributed by atoms with E-state index in [1.165, 1.54) is 0 Å². The fraction of sp³-hybridized carbons (Fsp3) is 1.00. The minimum absolute atomic E-state index is 0.146. The van der Waals surface area contributed by atoms with E-state index in [-0.39, 0.29) is 12.5 Å². The van der Waals surface area contributed by atoms with Gasteiger partial charge < -0.3 is 21.3 Å². The van der Waals surface area contributed by atoms with E-state index in [0.29, 0.717) is 0 Å². The summed E-state index contributed by atoms with van der Waals surface area (Å²) >= 11 is 0. The SMILES string of the molecule is CC(C)[C@H]1O[C@H](CN)[C@@H](O)C(F)(F)[C@H]1N. The molecule has 6 heteroatoms. The van der Waals surface area contributed by atoms with Gasteiger partial charge >= 0.3 is 0 Å². The number of alkyl halides is 2. The third-order valence-corrected chi connectivity index (χ3v) is 2.77. The van der Waals surface area contributed by atoms with E-state index in [1.807, 2.05) is 0 Å². The summed E-state index contributed by atoms with van der Waals surface area (Å²) < 4.78 is 32.3. The van der Waals surface area contributed by atoms with Crippen molar-refractivity contribution < 1.29 is 18.6 Å². The van der Waals surface area contributed by atoms with Gasteiger partial charge in [0.25, 0.3) is 5.92 Å². The van der Waals surface area contributed by atoms with Gasteiger partial charge in [0.15, 0.2) is 0 Å². The first-order valence-electron chi connectivity index (χ1n) is 4.99. The van der Waals surface area contributed by atoms with Crippen LogP contribution in [-0.2, 0) is 4.74 Å². The fourth-order valence-electron chi connectivity index (χ4n) is 1.78. The maximum Gasteiger partial charge on any atom is 0.293 e. The van der Waals surface area contributed by atoms with E-state index in [4.69, 9.17) is 16.2 Å². The molecule has 1 heterocycles. The summed E-state index contributed by atoms with van der Waals surface area (Å²) in [7, 11) is 0. The van der Waals surface area contributed by atoms with Crippen molar-refractivity contribution in [2.45, 2.75) is 44.1 Å². The second-order valence-electron chi connectivity index (χ2n) is 4.26. The minimum Gasteiger partial charge on any atom is -0.384 e. The van der Waals surface area contributed by atoms with Crippen molar-refractivity contribution in [3.05, 3.63) is 0 Å². The van der Waals surface area contributed by atoms with Crippen LogP contribution in [0.25, 0.3) is 0 Å². The monoisotopic (exact) mass is 224 g/mol. The van der Waals surface area contributed by atoms with Crippen molar-refractivity contribution in [3.8, 4) is 0 Å². The van der Waals surface area contributed by atoms with Gasteiger partial charge in [-0.15, -0.1) is 0 Å². The van der Waals surface area contributed by atoms with Gasteiger partial charge in [0.2, 0.25) is 0 Å². The second-order valence-corrected chi connectivity index (χ2v) is 4.26. The summed E-state index contributed by atoms with van der Waals surface area (Å²) in [5.41, 5.74) is 10.7. The molecule has 0 aliphatic carbocycles. The lowest BCUT2D eigenvalue weighted by Crippen LogP contribution is -2.67. The van der Waals surface area contributed by atoms with Crippen molar-refractivity contribution >= 4 is 0 Å². The van der Waals surface area contributed by atoms with E-state index in [2.05, 4.69) is 0 Å². The number of aliphatic hydroxyl groups excluding tert-OH is 1. The summed E-state index contributed by atoms with van der Waals surface area (Å²) in [6.45, 7) is 3.34. The van der Waals surface area contributed by atoms with Gasteiger partial charge in [-0.25, -0.2) is 8.78 Å². The molecule has 1 aliphatic heterocycles. The first-order chi connectivity index (χ1) is 6.82. The molecule has 1 aliphatic rings. The predicted molar refractivity (Wildman–Crippen MR) is 51.5 cm³/mol. The first-order valence-corrected chi connectivity index (χ1v) is 4.99. The van der Waals surface area contributed by atoms with Crippen molar-refractivity contribution in [1.29, 1.82) is 0 Å². The normalized spacial score (nSPS) is 40.8. The molecule has 1 saturated heterocycles. The Labute approximate surface area is 87.6 Å². The Kier molecular flexibility index (Phi) is 3.65. The van der Waals surface area contributed by atoms with Gasteiger partial charge in [0.1, 0.15) is 12.2 Å². The third-order valence-electron chi connectivity index (χ3n) is 2.77. The van der Waals surface area contributed by atoms with Gasteiger partial charge in [-0.3, -0.25) is 0 Å². The van der Waals surface area contributed by atoms with Crippen LogP contribution in [0.5, 0.6) is 0 Å². The summed E-state index contributed by atoms with van der Waals surface area (Å²) in [5, 5.41) is 9.33. The highest BCUT2D eigenvalue weighted by molar-refractivity contribution is 5.01. The Morgan fingerprint density at radius 3 is 2.40 bits per heavy atom. The number of halogens is 2. The van der Waals surface area contributed by atoms with Crippen LogP contribution in [0.2, 0.25) is 0 Å². The van der Waals surface area contributed by atoms with Crippen LogP contribution < -0.4 is 11.5 Å². The van der Waals surface area contributed by atoms with E-state index in [9.17, 15) is 13.9 Å². The molecular weight excluding hydrogens is 206 g/mol. The maximum absolute atomic E-state index is 13.5. The van der Waals surface area contributed by atoms with Crippen molar-refractivity contribution in [2.24, 2.45) is 17.4 Å². The molecule has 0 radical (unpaired) electrons. The summed E-state index contributed by atoms with van der Waals surface area (Å²) in [6, 6.07) is -1.49. The highest BCUT2D eigenvalue weighted by atomic mass is 19.3. The smallest absolute Gasteiger partial charge is 0.293 e. The van der Waals surface area contributed by atoms with E-state index in [1.54, 1.807) is 13.8 Å². The van der Waals surface area contributed by atoms with Gasteiger partial charge in [0, 0.05) is 6.54 Å². The number of hydrogen-bond acceptors (Lipinski definition) is 4. The molecule has 0 bridgehead atoms. The lowest BCUT2D eigenvalue weighted by molar-refractivity contribution is -0.250. The lowest BCUT2D eigenvalue weighted by atomic mass is 9.87. The molecule has 90 valence electrons. The molecule has 0 amide bonds. The maximum atomic E-state index is 13.5. The van der Waals surface area contributed by atoms with Crippen LogP contribution in [-0.4, -0.2) is 41.9 Å². The number of nitrogens with two attached hydrogens (primary N) is 2. The summed E-state index contributed by atoms with van der Waals surface area (Å²) in [6.07, 6.45) is -3.75. The second kappa shape index (κ2) is 4.29.